The third kappa shape index (κ3) is 6.51. The molecule has 3 atom stereocenters. The monoisotopic (exact) mass is 461 g/mol. The predicted octanol–water partition coefficient (Wildman–Crippen LogP) is 5.78. The van der Waals surface area contributed by atoms with Gasteiger partial charge in [-0.25, -0.2) is 4.98 Å². The highest BCUT2D eigenvalue weighted by Gasteiger charge is 2.29. The topological polar surface area (TPSA) is 71.8 Å². The van der Waals surface area contributed by atoms with E-state index in [1.807, 2.05) is 61.7 Å². The molecule has 0 spiro atoms. The quantitative estimate of drug-likeness (QED) is 0.487. The molecule has 1 aromatic heterocycles. The molecule has 0 amide bonds. The number of benzene rings is 2. The minimum atomic E-state index is -0.476. The van der Waals surface area contributed by atoms with Crippen molar-refractivity contribution in [2.45, 2.75) is 51.4 Å². The first-order valence-corrected chi connectivity index (χ1v) is 11.8. The van der Waals surface area contributed by atoms with Crippen molar-refractivity contribution in [1.82, 2.24) is 4.98 Å². The van der Waals surface area contributed by atoms with Crippen LogP contribution < -0.4 is 4.74 Å². The second-order valence-corrected chi connectivity index (χ2v) is 8.39. The smallest absolute Gasteiger partial charge is 0.278 e. The fourth-order valence-electron chi connectivity index (χ4n) is 3.51. The second-order valence-electron chi connectivity index (χ2n) is 7.13. The summed E-state index contributed by atoms with van der Waals surface area (Å²) in [7, 11) is 0. The van der Waals surface area contributed by atoms with E-state index >= 15 is 0 Å². The number of rotatable bonds is 6. The molecule has 4 rings (SSSR count). The predicted molar refractivity (Wildman–Crippen MR) is 124 cm³/mol. The number of hydrogen-bond acceptors (Lipinski definition) is 6. The fourth-order valence-corrected chi connectivity index (χ4v) is 4.20. The molecule has 0 saturated carbocycles. The van der Waals surface area contributed by atoms with Crippen molar-refractivity contribution in [2.75, 3.05) is 6.61 Å². The van der Waals surface area contributed by atoms with Crippen LogP contribution in [0.1, 0.15) is 49.5 Å². The summed E-state index contributed by atoms with van der Waals surface area (Å²) in [5, 5.41) is 22.7. The van der Waals surface area contributed by atoms with Crippen molar-refractivity contribution < 1.29 is 19.7 Å². The summed E-state index contributed by atoms with van der Waals surface area (Å²) in [4.78, 5) is 4.12. The Bertz CT molecular complexity index is 933. The minimum Gasteiger partial charge on any atom is -0.431 e. The van der Waals surface area contributed by atoms with E-state index in [4.69, 9.17) is 21.1 Å². The number of aliphatic hydroxyl groups excluding tert-OH is 2. The number of aromatic nitrogens is 1. The van der Waals surface area contributed by atoms with Crippen LogP contribution in [0, 0.1) is 0 Å². The highest BCUT2D eigenvalue weighted by Crippen LogP contribution is 2.34. The van der Waals surface area contributed by atoms with E-state index in [1.165, 1.54) is 11.3 Å². The molecule has 1 aliphatic rings. The molecule has 2 N–H and O–H groups in total. The van der Waals surface area contributed by atoms with Crippen molar-refractivity contribution in [1.29, 1.82) is 0 Å². The van der Waals surface area contributed by atoms with Crippen molar-refractivity contribution in [3.63, 3.8) is 0 Å². The summed E-state index contributed by atoms with van der Waals surface area (Å²) >= 11 is 7.88. The van der Waals surface area contributed by atoms with E-state index in [2.05, 4.69) is 4.98 Å². The minimum absolute atomic E-state index is 0.0938. The maximum Gasteiger partial charge on any atom is 0.278 e. The lowest BCUT2D eigenvalue weighted by molar-refractivity contribution is -0.113. The van der Waals surface area contributed by atoms with Gasteiger partial charge < -0.3 is 19.7 Å². The molecule has 31 heavy (non-hydrogen) atoms. The molecule has 2 heterocycles. The van der Waals surface area contributed by atoms with Crippen LogP contribution in [0.2, 0.25) is 5.02 Å². The van der Waals surface area contributed by atoms with Crippen LogP contribution in [0.3, 0.4) is 0 Å². The maximum atomic E-state index is 10.1. The van der Waals surface area contributed by atoms with Crippen molar-refractivity contribution in [3.05, 3.63) is 75.8 Å². The van der Waals surface area contributed by atoms with Crippen molar-refractivity contribution in [2.24, 2.45) is 0 Å². The number of thiazole rings is 1. The third-order valence-corrected chi connectivity index (χ3v) is 5.97. The number of halogens is 1. The first-order chi connectivity index (χ1) is 15.1. The van der Waals surface area contributed by atoms with Crippen LogP contribution in [0.4, 0.5) is 0 Å². The van der Waals surface area contributed by atoms with Gasteiger partial charge in [0.05, 0.1) is 24.9 Å². The van der Waals surface area contributed by atoms with E-state index < -0.39 is 6.10 Å². The highest BCUT2D eigenvalue weighted by molar-refractivity contribution is 7.11. The molecular formula is C24H28ClNO4S. The van der Waals surface area contributed by atoms with Crippen LogP contribution in [0.15, 0.2) is 54.0 Å². The molecule has 1 saturated heterocycles. The Hall–Kier alpha value is -1.96. The lowest BCUT2D eigenvalue weighted by Crippen LogP contribution is -2.33. The fraction of sp³-hybridized carbons (Fsp3) is 0.375. The summed E-state index contributed by atoms with van der Waals surface area (Å²) in [5.41, 5.74) is 3.06. The molecule has 0 unspecified atom stereocenters. The van der Waals surface area contributed by atoms with Gasteiger partial charge in [-0.2, -0.15) is 0 Å². The van der Waals surface area contributed by atoms with Crippen molar-refractivity contribution >= 4 is 22.9 Å². The number of ether oxygens (including phenoxy) is 2. The van der Waals surface area contributed by atoms with E-state index in [0.717, 1.165) is 22.4 Å². The second kappa shape index (κ2) is 11.6. The Morgan fingerprint density at radius 2 is 1.94 bits per heavy atom. The molecule has 2 aromatic carbocycles. The molecule has 0 bridgehead atoms. The Morgan fingerprint density at radius 1 is 1.16 bits per heavy atom. The van der Waals surface area contributed by atoms with Gasteiger partial charge in [-0.15, -0.1) is 0 Å². The van der Waals surface area contributed by atoms with E-state index in [-0.39, 0.29) is 18.8 Å². The van der Waals surface area contributed by atoms with Crippen LogP contribution in [0.5, 0.6) is 10.9 Å². The molecular weight excluding hydrogens is 434 g/mol. The van der Waals surface area contributed by atoms with Gasteiger partial charge >= 0.3 is 0 Å². The van der Waals surface area contributed by atoms with Gasteiger partial charge in [0.2, 0.25) is 0 Å². The zero-order valence-electron chi connectivity index (χ0n) is 17.7. The lowest BCUT2D eigenvalue weighted by Gasteiger charge is -2.32. The highest BCUT2D eigenvalue weighted by atomic mass is 35.5. The summed E-state index contributed by atoms with van der Waals surface area (Å²) in [6, 6.07) is 13.7. The lowest BCUT2D eigenvalue weighted by atomic mass is 9.94. The Morgan fingerprint density at radius 3 is 2.61 bits per heavy atom. The Kier molecular flexibility index (Phi) is 8.87. The Labute approximate surface area is 192 Å². The largest absolute Gasteiger partial charge is 0.431 e. The molecule has 166 valence electrons. The average molecular weight is 462 g/mol. The van der Waals surface area contributed by atoms with Gasteiger partial charge in [0.15, 0.2) is 0 Å². The first-order valence-electron chi connectivity index (χ1n) is 10.5. The van der Waals surface area contributed by atoms with Crippen LogP contribution in [-0.2, 0) is 11.2 Å². The molecule has 0 aliphatic carbocycles. The van der Waals surface area contributed by atoms with Crippen LogP contribution >= 0.6 is 22.9 Å². The van der Waals surface area contributed by atoms with Gasteiger partial charge in [0.1, 0.15) is 5.75 Å². The van der Waals surface area contributed by atoms with E-state index in [0.29, 0.717) is 29.5 Å². The third-order valence-electron chi connectivity index (χ3n) is 4.96. The van der Waals surface area contributed by atoms with Gasteiger partial charge in [0.25, 0.3) is 5.19 Å². The van der Waals surface area contributed by atoms with E-state index in [1.54, 1.807) is 6.20 Å². The van der Waals surface area contributed by atoms with Gasteiger partial charge in [0, 0.05) is 29.4 Å². The number of aliphatic hydroxyl groups is 2. The van der Waals surface area contributed by atoms with Gasteiger partial charge in [-0.05, 0) is 41.3 Å². The van der Waals surface area contributed by atoms with Crippen LogP contribution in [-0.4, -0.2) is 34.0 Å². The summed E-state index contributed by atoms with van der Waals surface area (Å²) in [6.07, 6.45) is 2.29. The van der Waals surface area contributed by atoms with Gasteiger partial charge in [-0.3, -0.25) is 0 Å². The molecule has 1 aliphatic heterocycles. The zero-order valence-corrected chi connectivity index (χ0v) is 19.3. The summed E-state index contributed by atoms with van der Waals surface area (Å²) in [6.45, 7) is 3.91. The Balaban J connectivity index is 0.00000132. The molecule has 7 heteroatoms. The van der Waals surface area contributed by atoms with E-state index in [9.17, 15) is 10.2 Å². The average Bonchev–Trinajstić information content (AvgIpc) is 3.30. The SMILES string of the molecule is CC.OC[C@@H]1C[C@H](O)C[C@H](c2ccc(Cl)c(Cc3ccc(Oc4nccs4)cc3)c2)O1. The van der Waals surface area contributed by atoms with Crippen LogP contribution in [0.25, 0.3) is 0 Å². The summed E-state index contributed by atoms with van der Waals surface area (Å²) < 4.78 is 11.6. The number of nitrogens with zero attached hydrogens (tertiary/aromatic N) is 1. The summed E-state index contributed by atoms with van der Waals surface area (Å²) in [5.74, 6) is 0.739. The molecule has 5 nitrogen and oxygen atoms in total. The van der Waals surface area contributed by atoms with Gasteiger partial charge in [-0.1, -0.05) is 61.1 Å². The van der Waals surface area contributed by atoms with Crippen molar-refractivity contribution in [3.8, 4) is 10.9 Å². The maximum absolute atomic E-state index is 10.1. The molecule has 0 radical (unpaired) electrons. The molecule has 3 aromatic rings. The standard InChI is InChI=1S/C22H22ClNO4S.C2H6/c23-20-6-3-15(21-12-17(26)11-19(13-25)27-21)10-16(20)9-14-1-4-18(5-2-14)28-22-24-7-8-29-22;1-2/h1-8,10,17,19,21,25-26H,9,11-13H2;1-2H3/t17-,19-,21+;/m0./s1. The zero-order chi connectivity index (χ0) is 22.2. The molecule has 1 fully saturated rings. The number of hydrogen-bond donors (Lipinski definition) is 2. The normalized spacial score (nSPS) is 20.6. The first kappa shape index (κ1) is 23.7.